The maximum atomic E-state index is 11.2. The monoisotopic (exact) mass is 219 g/mol. The van der Waals surface area contributed by atoms with E-state index < -0.39 is 10.0 Å². The van der Waals surface area contributed by atoms with Gasteiger partial charge in [0, 0.05) is 6.04 Å². The lowest BCUT2D eigenvalue weighted by molar-refractivity contribution is 0.390. The number of hydrogen-bond donors (Lipinski definition) is 1. The summed E-state index contributed by atoms with van der Waals surface area (Å²) < 4.78 is 28.6. The SMILES string of the molecule is COc1cnn(C(C)C)c1S(N)(=O)=O. The van der Waals surface area contributed by atoms with Crippen molar-refractivity contribution in [2.45, 2.75) is 24.9 Å². The van der Waals surface area contributed by atoms with E-state index in [9.17, 15) is 8.42 Å². The summed E-state index contributed by atoms with van der Waals surface area (Å²) in [5.41, 5.74) is 0. The molecule has 2 N–H and O–H groups in total. The Labute approximate surface area is 82.7 Å². The minimum Gasteiger partial charge on any atom is -0.492 e. The van der Waals surface area contributed by atoms with Gasteiger partial charge in [-0.25, -0.2) is 18.2 Å². The van der Waals surface area contributed by atoms with Crippen molar-refractivity contribution in [1.29, 1.82) is 0 Å². The Morgan fingerprint density at radius 1 is 1.57 bits per heavy atom. The van der Waals surface area contributed by atoms with Crippen LogP contribution in [0.2, 0.25) is 0 Å². The third-order valence-corrected chi connectivity index (χ3v) is 2.62. The fourth-order valence-corrected chi connectivity index (χ4v) is 2.05. The van der Waals surface area contributed by atoms with Gasteiger partial charge in [-0.1, -0.05) is 0 Å². The fraction of sp³-hybridized carbons (Fsp3) is 0.571. The first-order valence-electron chi connectivity index (χ1n) is 4.02. The summed E-state index contributed by atoms with van der Waals surface area (Å²) >= 11 is 0. The summed E-state index contributed by atoms with van der Waals surface area (Å²) in [4.78, 5) is 0. The molecule has 0 spiro atoms. The Balaban J connectivity index is 3.42. The van der Waals surface area contributed by atoms with Crippen LogP contribution in [0.15, 0.2) is 11.2 Å². The van der Waals surface area contributed by atoms with Gasteiger partial charge in [0.25, 0.3) is 10.0 Å². The number of sulfonamides is 1. The number of nitrogens with zero attached hydrogens (tertiary/aromatic N) is 2. The molecule has 0 radical (unpaired) electrons. The van der Waals surface area contributed by atoms with E-state index in [0.29, 0.717) is 0 Å². The molecule has 6 nitrogen and oxygen atoms in total. The highest BCUT2D eigenvalue weighted by Gasteiger charge is 2.23. The molecule has 0 saturated heterocycles. The molecule has 0 fully saturated rings. The van der Waals surface area contributed by atoms with Crippen molar-refractivity contribution in [3.8, 4) is 5.75 Å². The van der Waals surface area contributed by atoms with Crippen LogP contribution < -0.4 is 9.88 Å². The molecule has 7 heteroatoms. The van der Waals surface area contributed by atoms with E-state index in [0.717, 1.165) is 0 Å². The van der Waals surface area contributed by atoms with Gasteiger partial charge in [0.2, 0.25) is 5.03 Å². The number of hydrogen-bond acceptors (Lipinski definition) is 4. The van der Waals surface area contributed by atoms with Crippen LogP contribution in [0.1, 0.15) is 19.9 Å². The third kappa shape index (κ3) is 1.88. The van der Waals surface area contributed by atoms with Gasteiger partial charge in [-0.2, -0.15) is 5.10 Å². The molecule has 1 aromatic rings. The largest absolute Gasteiger partial charge is 0.492 e. The molecule has 0 aliphatic rings. The lowest BCUT2D eigenvalue weighted by atomic mass is 10.4. The molecule has 80 valence electrons. The van der Waals surface area contributed by atoms with Crippen molar-refractivity contribution >= 4 is 10.0 Å². The fourth-order valence-electron chi connectivity index (χ4n) is 1.11. The Morgan fingerprint density at radius 3 is 2.50 bits per heavy atom. The lowest BCUT2D eigenvalue weighted by Crippen LogP contribution is -2.19. The number of nitrogens with two attached hydrogens (primary N) is 1. The van der Waals surface area contributed by atoms with E-state index in [1.54, 1.807) is 13.8 Å². The van der Waals surface area contributed by atoms with Crippen molar-refractivity contribution in [1.82, 2.24) is 9.78 Å². The second-order valence-corrected chi connectivity index (χ2v) is 4.58. The van der Waals surface area contributed by atoms with Crippen LogP contribution in [0.4, 0.5) is 0 Å². The molecule has 0 unspecified atom stereocenters. The molecule has 1 rings (SSSR count). The number of methoxy groups -OCH3 is 1. The maximum absolute atomic E-state index is 11.2. The zero-order chi connectivity index (χ0) is 10.9. The van der Waals surface area contributed by atoms with Gasteiger partial charge in [0.1, 0.15) is 0 Å². The first kappa shape index (κ1) is 11.0. The smallest absolute Gasteiger partial charge is 0.259 e. The van der Waals surface area contributed by atoms with Crippen LogP contribution in [-0.4, -0.2) is 25.3 Å². The molecule has 0 saturated carbocycles. The van der Waals surface area contributed by atoms with Crippen LogP contribution in [-0.2, 0) is 10.0 Å². The van der Waals surface area contributed by atoms with Crippen LogP contribution >= 0.6 is 0 Å². The molecule has 0 amide bonds. The first-order valence-corrected chi connectivity index (χ1v) is 5.57. The van der Waals surface area contributed by atoms with E-state index in [1.807, 2.05) is 0 Å². The highest BCUT2D eigenvalue weighted by Crippen LogP contribution is 2.24. The Kier molecular flexibility index (Phi) is 2.81. The highest BCUT2D eigenvalue weighted by molar-refractivity contribution is 7.89. The molecular formula is C7H13N3O3S. The highest BCUT2D eigenvalue weighted by atomic mass is 32.2. The topological polar surface area (TPSA) is 87.2 Å². The summed E-state index contributed by atoms with van der Waals surface area (Å²) in [7, 11) is -2.43. The van der Waals surface area contributed by atoms with Crippen molar-refractivity contribution < 1.29 is 13.2 Å². The molecular weight excluding hydrogens is 206 g/mol. The van der Waals surface area contributed by atoms with E-state index in [2.05, 4.69) is 5.10 Å². The second-order valence-electron chi connectivity index (χ2n) is 3.10. The average molecular weight is 219 g/mol. The molecule has 1 heterocycles. The molecule has 0 aliphatic carbocycles. The van der Waals surface area contributed by atoms with E-state index in [-0.39, 0.29) is 16.8 Å². The van der Waals surface area contributed by atoms with Gasteiger partial charge in [-0.15, -0.1) is 0 Å². The van der Waals surface area contributed by atoms with E-state index >= 15 is 0 Å². The van der Waals surface area contributed by atoms with Gasteiger partial charge in [-0.05, 0) is 13.8 Å². The molecule has 0 atom stereocenters. The van der Waals surface area contributed by atoms with Crippen LogP contribution in [0, 0.1) is 0 Å². The summed E-state index contributed by atoms with van der Waals surface area (Å²) in [5, 5.41) is 8.85. The summed E-state index contributed by atoms with van der Waals surface area (Å²) in [5.74, 6) is 0.168. The average Bonchev–Trinajstić information content (AvgIpc) is 2.45. The molecule has 1 aromatic heterocycles. The Bertz CT molecular complexity index is 421. The van der Waals surface area contributed by atoms with E-state index in [1.165, 1.54) is 18.0 Å². The number of rotatable bonds is 3. The predicted octanol–water partition coefficient (Wildman–Crippen LogP) is 0.120. The molecule has 0 aromatic carbocycles. The summed E-state index contributed by atoms with van der Waals surface area (Å²) in [6.45, 7) is 3.61. The minimum atomic E-state index is -3.80. The standard InChI is InChI=1S/C7H13N3O3S/c1-5(2)10-7(14(8,11)12)6(13-3)4-9-10/h4-5H,1-3H3,(H2,8,11,12). The van der Waals surface area contributed by atoms with Gasteiger partial charge in [0.15, 0.2) is 5.75 Å². The van der Waals surface area contributed by atoms with Gasteiger partial charge >= 0.3 is 0 Å². The zero-order valence-corrected chi connectivity index (χ0v) is 9.08. The van der Waals surface area contributed by atoms with Gasteiger partial charge < -0.3 is 4.74 Å². The molecule has 0 bridgehead atoms. The summed E-state index contributed by atoms with van der Waals surface area (Å²) in [6, 6.07) is -0.0905. The van der Waals surface area contributed by atoms with Crippen molar-refractivity contribution in [3.63, 3.8) is 0 Å². The van der Waals surface area contributed by atoms with Crippen molar-refractivity contribution in [3.05, 3.63) is 6.20 Å². The third-order valence-electron chi connectivity index (χ3n) is 1.70. The normalized spacial score (nSPS) is 12.1. The minimum absolute atomic E-state index is 0.0880. The second kappa shape index (κ2) is 3.58. The van der Waals surface area contributed by atoms with Crippen molar-refractivity contribution in [2.75, 3.05) is 7.11 Å². The van der Waals surface area contributed by atoms with Crippen LogP contribution in [0.3, 0.4) is 0 Å². The predicted molar refractivity (Wildman–Crippen MR) is 50.5 cm³/mol. The number of aromatic nitrogens is 2. The quantitative estimate of drug-likeness (QED) is 0.782. The summed E-state index contributed by atoms with van der Waals surface area (Å²) in [6.07, 6.45) is 1.33. The zero-order valence-electron chi connectivity index (χ0n) is 8.26. The lowest BCUT2D eigenvalue weighted by Gasteiger charge is -2.09. The van der Waals surface area contributed by atoms with Crippen LogP contribution in [0.5, 0.6) is 5.75 Å². The molecule has 0 aliphatic heterocycles. The van der Waals surface area contributed by atoms with E-state index in [4.69, 9.17) is 9.88 Å². The number of ether oxygens (including phenoxy) is 1. The molecule has 14 heavy (non-hydrogen) atoms. The van der Waals surface area contributed by atoms with Gasteiger partial charge in [0.05, 0.1) is 13.3 Å². The number of primary sulfonamides is 1. The van der Waals surface area contributed by atoms with Crippen LogP contribution in [0.25, 0.3) is 0 Å². The first-order chi connectivity index (χ1) is 6.38. The maximum Gasteiger partial charge on any atom is 0.259 e. The van der Waals surface area contributed by atoms with Crippen molar-refractivity contribution in [2.24, 2.45) is 5.14 Å². The Morgan fingerprint density at radius 2 is 2.14 bits per heavy atom. The Hall–Kier alpha value is -1.08. The van der Waals surface area contributed by atoms with Gasteiger partial charge in [-0.3, -0.25) is 0 Å².